The number of anilines is 1. The van der Waals surface area contributed by atoms with Crippen molar-refractivity contribution in [3.8, 4) is 5.82 Å². The smallest absolute Gasteiger partial charge is 0.253 e. The summed E-state index contributed by atoms with van der Waals surface area (Å²) in [6.45, 7) is 3.71. The van der Waals surface area contributed by atoms with Gasteiger partial charge in [-0.15, -0.1) is 0 Å². The van der Waals surface area contributed by atoms with Gasteiger partial charge in [0.05, 0.1) is 18.2 Å². The lowest BCUT2D eigenvalue weighted by molar-refractivity contribution is 0.0916. The molecule has 1 fully saturated rings. The average molecular weight is 455 g/mol. The predicted molar refractivity (Wildman–Crippen MR) is 124 cm³/mol. The number of hydrogen-bond acceptors (Lipinski definition) is 6. The molecular weight excluding hydrogens is 428 g/mol. The summed E-state index contributed by atoms with van der Waals surface area (Å²) in [7, 11) is 2.10. The molecule has 2 aromatic heterocycles. The number of likely N-dealkylation sites (tertiary alicyclic amines) is 1. The van der Waals surface area contributed by atoms with E-state index in [1.54, 1.807) is 42.9 Å². The van der Waals surface area contributed by atoms with Gasteiger partial charge in [0.1, 0.15) is 5.82 Å². The van der Waals surface area contributed by atoms with Gasteiger partial charge < -0.3 is 25.2 Å². The maximum absolute atomic E-state index is 12.8. The fourth-order valence-electron chi connectivity index (χ4n) is 3.86. The number of benzene rings is 1. The van der Waals surface area contributed by atoms with Crippen LogP contribution >= 0.6 is 11.6 Å². The normalized spacial score (nSPS) is 17.3. The van der Waals surface area contributed by atoms with Gasteiger partial charge in [0, 0.05) is 41.8 Å². The van der Waals surface area contributed by atoms with Crippen molar-refractivity contribution >= 4 is 23.5 Å². The topological polar surface area (TPSA) is 95.3 Å². The van der Waals surface area contributed by atoms with Gasteiger partial charge in [-0.05, 0) is 50.7 Å². The molecule has 2 atom stereocenters. The van der Waals surface area contributed by atoms with Gasteiger partial charge in [-0.3, -0.25) is 4.79 Å². The van der Waals surface area contributed by atoms with Gasteiger partial charge in [0.25, 0.3) is 5.91 Å². The van der Waals surface area contributed by atoms with Crippen molar-refractivity contribution in [3.05, 3.63) is 70.6 Å². The Morgan fingerprint density at radius 1 is 1.38 bits per heavy atom. The molecule has 168 valence electrons. The van der Waals surface area contributed by atoms with Crippen molar-refractivity contribution in [2.45, 2.75) is 25.4 Å². The SMILES string of the molecule is Cc1cnc(NC2CCN(C)C2)nc1-n1ccc(C(=O)NC(CO)c2cccc(Cl)c2)c1. The lowest BCUT2D eigenvalue weighted by atomic mass is 10.1. The van der Waals surface area contributed by atoms with Gasteiger partial charge in [-0.1, -0.05) is 23.7 Å². The number of rotatable bonds is 7. The standard InChI is InChI=1S/C23H27ClN6O2/c1-15-11-25-23(26-19-7-8-29(2)13-19)28-21(15)30-9-6-17(12-30)22(32)27-20(14-31)16-4-3-5-18(24)10-16/h3-6,9-12,19-20,31H,7-8,13-14H2,1-2H3,(H,27,32)(H,25,26,28). The van der Waals surface area contributed by atoms with Gasteiger partial charge in [-0.25, -0.2) is 4.98 Å². The highest BCUT2D eigenvalue weighted by atomic mass is 35.5. The Bertz CT molecular complexity index is 1100. The highest BCUT2D eigenvalue weighted by molar-refractivity contribution is 6.30. The number of halogens is 1. The number of hydrogen-bond donors (Lipinski definition) is 3. The molecule has 0 spiro atoms. The average Bonchev–Trinajstić information content (AvgIpc) is 3.42. The minimum Gasteiger partial charge on any atom is -0.394 e. The Balaban J connectivity index is 1.49. The first-order chi connectivity index (χ1) is 15.4. The highest BCUT2D eigenvalue weighted by Gasteiger charge is 2.21. The monoisotopic (exact) mass is 454 g/mol. The van der Waals surface area contributed by atoms with Crippen molar-refractivity contribution in [2.24, 2.45) is 0 Å². The number of aliphatic hydroxyl groups excluding tert-OH is 1. The summed E-state index contributed by atoms with van der Waals surface area (Å²) in [5.74, 6) is 0.996. The van der Waals surface area contributed by atoms with Crippen molar-refractivity contribution in [3.63, 3.8) is 0 Å². The molecule has 0 aliphatic carbocycles. The summed E-state index contributed by atoms with van der Waals surface area (Å²) in [5.41, 5.74) is 2.11. The van der Waals surface area contributed by atoms with Gasteiger partial charge in [0.15, 0.2) is 0 Å². The minimum absolute atomic E-state index is 0.233. The molecule has 9 heteroatoms. The van der Waals surface area contributed by atoms with Crippen LogP contribution in [0.3, 0.4) is 0 Å². The molecule has 3 N–H and O–H groups in total. The van der Waals surface area contributed by atoms with Crippen LogP contribution in [0.5, 0.6) is 0 Å². The zero-order chi connectivity index (χ0) is 22.7. The quantitative estimate of drug-likeness (QED) is 0.508. The summed E-state index contributed by atoms with van der Waals surface area (Å²) >= 11 is 6.04. The summed E-state index contributed by atoms with van der Waals surface area (Å²) < 4.78 is 1.81. The van der Waals surface area contributed by atoms with E-state index in [1.807, 2.05) is 17.6 Å². The molecule has 0 saturated carbocycles. The third kappa shape index (κ3) is 5.09. The molecule has 8 nitrogen and oxygen atoms in total. The number of carbonyl (C=O) groups excluding carboxylic acids is 1. The number of aromatic nitrogens is 3. The first-order valence-electron chi connectivity index (χ1n) is 10.6. The molecule has 1 aliphatic heterocycles. The zero-order valence-corrected chi connectivity index (χ0v) is 18.9. The molecule has 32 heavy (non-hydrogen) atoms. The number of carbonyl (C=O) groups is 1. The van der Waals surface area contributed by atoms with Gasteiger partial charge in [-0.2, -0.15) is 4.98 Å². The Morgan fingerprint density at radius 2 is 2.22 bits per heavy atom. The van der Waals surface area contributed by atoms with E-state index >= 15 is 0 Å². The summed E-state index contributed by atoms with van der Waals surface area (Å²) in [6, 6.07) is 8.58. The van der Waals surface area contributed by atoms with Crippen molar-refractivity contribution in [2.75, 3.05) is 32.1 Å². The molecular formula is C23H27ClN6O2. The fraction of sp³-hybridized carbons (Fsp3) is 0.348. The molecule has 3 heterocycles. The minimum atomic E-state index is -0.550. The van der Waals surface area contributed by atoms with Crippen LogP contribution in [0.1, 0.15) is 33.9 Å². The van der Waals surface area contributed by atoms with Crippen LogP contribution in [0.15, 0.2) is 48.9 Å². The summed E-state index contributed by atoms with van der Waals surface area (Å²) in [4.78, 5) is 24.2. The highest BCUT2D eigenvalue weighted by Crippen LogP contribution is 2.20. The van der Waals surface area contributed by atoms with E-state index in [9.17, 15) is 9.90 Å². The van der Waals surface area contributed by atoms with Gasteiger partial charge >= 0.3 is 0 Å². The van der Waals surface area contributed by atoms with Crippen molar-refractivity contribution < 1.29 is 9.90 Å². The van der Waals surface area contributed by atoms with E-state index in [4.69, 9.17) is 11.6 Å². The predicted octanol–water partition coefficient (Wildman–Crippen LogP) is 2.81. The molecule has 1 aromatic carbocycles. The molecule has 2 unspecified atom stereocenters. The summed E-state index contributed by atoms with van der Waals surface area (Å²) in [6.07, 6.45) is 6.36. The first-order valence-corrected chi connectivity index (χ1v) is 10.9. The Kier molecular flexibility index (Phi) is 6.74. The van der Waals surface area contributed by atoms with Crippen LogP contribution in [0.4, 0.5) is 5.95 Å². The number of likely N-dealkylation sites (N-methyl/N-ethyl adjacent to an activating group) is 1. The lowest BCUT2D eigenvalue weighted by Crippen LogP contribution is -2.30. The Morgan fingerprint density at radius 3 is 2.94 bits per heavy atom. The molecule has 3 aromatic rings. The van der Waals surface area contributed by atoms with E-state index in [-0.39, 0.29) is 12.5 Å². The Hall–Kier alpha value is -2.94. The van der Waals surface area contributed by atoms with Gasteiger partial charge in [0.2, 0.25) is 5.95 Å². The second-order valence-corrected chi connectivity index (χ2v) is 8.60. The third-order valence-electron chi connectivity index (χ3n) is 5.61. The largest absolute Gasteiger partial charge is 0.394 e. The molecule has 0 radical (unpaired) electrons. The van der Waals surface area contributed by atoms with E-state index in [0.717, 1.165) is 30.6 Å². The fourth-order valence-corrected chi connectivity index (χ4v) is 4.06. The van der Waals surface area contributed by atoms with Crippen LogP contribution in [0, 0.1) is 6.92 Å². The van der Waals surface area contributed by atoms with Crippen LogP contribution in [0.2, 0.25) is 5.02 Å². The second-order valence-electron chi connectivity index (χ2n) is 8.16. The number of amides is 1. The lowest BCUT2D eigenvalue weighted by Gasteiger charge is -2.16. The summed E-state index contributed by atoms with van der Waals surface area (Å²) in [5, 5.41) is 16.6. The second kappa shape index (κ2) is 9.68. The number of aliphatic hydroxyl groups is 1. The van der Waals surface area contributed by atoms with Crippen LogP contribution in [-0.4, -0.2) is 63.2 Å². The number of aryl methyl sites for hydroxylation is 1. The molecule has 1 amide bonds. The molecule has 4 rings (SSSR count). The van der Waals surface area contributed by atoms with E-state index < -0.39 is 6.04 Å². The number of nitrogens with one attached hydrogen (secondary N) is 2. The van der Waals surface area contributed by atoms with Crippen molar-refractivity contribution in [1.82, 2.24) is 24.8 Å². The maximum Gasteiger partial charge on any atom is 0.253 e. The van der Waals surface area contributed by atoms with Crippen LogP contribution in [-0.2, 0) is 0 Å². The van der Waals surface area contributed by atoms with E-state index in [1.165, 1.54) is 0 Å². The zero-order valence-electron chi connectivity index (χ0n) is 18.1. The Labute approximate surface area is 192 Å². The molecule has 1 aliphatic rings. The first kappa shape index (κ1) is 22.3. The van der Waals surface area contributed by atoms with E-state index in [0.29, 0.717) is 28.4 Å². The number of nitrogens with zero attached hydrogens (tertiary/aromatic N) is 4. The molecule has 1 saturated heterocycles. The maximum atomic E-state index is 12.8. The van der Waals surface area contributed by atoms with Crippen LogP contribution < -0.4 is 10.6 Å². The third-order valence-corrected chi connectivity index (χ3v) is 5.84. The van der Waals surface area contributed by atoms with Crippen molar-refractivity contribution in [1.29, 1.82) is 0 Å². The molecule has 0 bridgehead atoms. The van der Waals surface area contributed by atoms with E-state index in [2.05, 4.69) is 32.5 Å². The van der Waals surface area contributed by atoms with Crippen LogP contribution in [0.25, 0.3) is 5.82 Å².